The second kappa shape index (κ2) is 6.43. The van der Waals surface area contributed by atoms with Crippen molar-refractivity contribution >= 4 is 11.7 Å². The van der Waals surface area contributed by atoms with Gasteiger partial charge in [-0.05, 0) is 38.0 Å². The number of anilines is 1. The van der Waals surface area contributed by atoms with Gasteiger partial charge in [0.1, 0.15) is 0 Å². The van der Waals surface area contributed by atoms with Crippen molar-refractivity contribution in [3.63, 3.8) is 0 Å². The van der Waals surface area contributed by atoms with Crippen molar-refractivity contribution in [2.75, 3.05) is 25.7 Å². The molecule has 128 valence electrons. The number of fused-ring (bicyclic) bond motifs is 1. The van der Waals surface area contributed by atoms with E-state index in [1.54, 1.807) is 30.1 Å². The van der Waals surface area contributed by atoms with Gasteiger partial charge in [0.05, 0.1) is 5.69 Å². The molecule has 3 rings (SSSR count). The average molecular weight is 330 g/mol. The fourth-order valence-electron chi connectivity index (χ4n) is 2.75. The zero-order valence-corrected chi connectivity index (χ0v) is 14.4. The standard InChI is InChI=1S/C17H22N4O3/c1-11-14(12(2)21(4)19-11)7-8-20(3)17(22)18-13-5-6-15-16(9-13)24-10-23-15/h5-6,9H,7-8,10H2,1-4H3,(H,18,22). The molecule has 0 spiro atoms. The van der Waals surface area contributed by atoms with E-state index >= 15 is 0 Å². The number of amides is 2. The minimum atomic E-state index is -0.159. The Balaban J connectivity index is 1.59. The Bertz CT molecular complexity index is 769. The van der Waals surface area contributed by atoms with Crippen molar-refractivity contribution < 1.29 is 14.3 Å². The molecule has 0 saturated heterocycles. The quantitative estimate of drug-likeness (QED) is 0.935. The van der Waals surface area contributed by atoms with Crippen LogP contribution in [0.3, 0.4) is 0 Å². The Kier molecular flexibility index (Phi) is 4.33. The summed E-state index contributed by atoms with van der Waals surface area (Å²) >= 11 is 0. The van der Waals surface area contributed by atoms with E-state index in [9.17, 15) is 4.79 Å². The fraction of sp³-hybridized carbons (Fsp3) is 0.412. The highest BCUT2D eigenvalue weighted by molar-refractivity contribution is 5.89. The Hall–Kier alpha value is -2.70. The van der Waals surface area contributed by atoms with E-state index in [1.165, 1.54) is 5.56 Å². The largest absolute Gasteiger partial charge is 0.454 e. The van der Waals surface area contributed by atoms with Crippen LogP contribution in [0.2, 0.25) is 0 Å². The fourth-order valence-corrected chi connectivity index (χ4v) is 2.75. The molecule has 2 aromatic rings. The Morgan fingerprint density at radius 3 is 2.79 bits per heavy atom. The normalized spacial score (nSPS) is 12.3. The van der Waals surface area contributed by atoms with E-state index in [2.05, 4.69) is 10.4 Å². The molecule has 0 atom stereocenters. The molecule has 0 radical (unpaired) electrons. The van der Waals surface area contributed by atoms with Crippen molar-refractivity contribution in [1.82, 2.24) is 14.7 Å². The number of aromatic nitrogens is 2. The summed E-state index contributed by atoms with van der Waals surface area (Å²) in [6.45, 7) is 4.87. The summed E-state index contributed by atoms with van der Waals surface area (Å²) in [4.78, 5) is 14.0. The van der Waals surface area contributed by atoms with Crippen LogP contribution in [0.4, 0.5) is 10.5 Å². The number of benzene rings is 1. The molecule has 0 saturated carbocycles. The van der Waals surface area contributed by atoms with E-state index in [0.717, 1.165) is 17.8 Å². The van der Waals surface area contributed by atoms with E-state index in [1.807, 2.05) is 25.6 Å². The number of aryl methyl sites for hydroxylation is 2. The summed E-state index contributed by atoms with van der Waals surface area (Å²) in [5.41, 5.74) is 4.03. The predicted molar refractivity (Wildman–Crippen MR) is 90.6 cm³/mol. The van der Waals surface area contributed by atoms with Gasteiger partial charge in [0.15, 0.2) is 11.5 Å². The highest BCUT2D eigenvalue weighted by atomic mass is 16.7. The summed E-state index contributed by atoms with van der Waals surface area (Å²) in [6.07, 6.45) is 0.774. The lowest BCUT2D eigenvalue weighted by molar-refractivity contribution is 0.174. The molecule has 0 aliphatic carbocycles. The van der Waals surface area contributed by atoms with Gasteiger partial charge in [-0.3, -0.25) is 4.68 Å². The van der Waals surface area contributed by atoms with Crippen LogP contribution in [-0.4, -0.2) is 41.1 Å². The number of carbonyl (C=O) groups excluding carboxylic acids is 1. The van der Waals surface area contributed by atoms with Gasteiger partial charge in [0, 0.05) is 38.1 Å². The second-order valence-electron chi connectivity index (χ2n) is 5.94. The van der Waals surface area contributed by atoms with Crippen molar-refractivity contribution in [2.24, 2.45) is 7.05 Å². The van der Waals surface area contributed by atoms with Gasteiger partial charge >= 0.3 is 6.03 Å². The van der Waals surface area contributed by atoms with Gasteiger partial charge in [-0.2, -0.15) is 5.10 Å². The molecule has 0 bridgehead atoms. The number of carbonyl (C=O) groups is 1. The molecular weight excluding hydrogens is 308 g/mol. The molecular formula is C17H22N4O3. The molecule has 0 unspecified atom stereocenters. The maximum Gasteiger partial charge on any atom is 0.321 e. The maximum atomic E-state index is 12.3. The molecule has 7 nitrogen and oxygen atoms in total. The van der Waals surface area contributed by atoms with Crippen LogP contribution in [0.25, 0.3) is 0 Å². The zero-order valence-electron chi connectivity index (χ0n) is 14.4. The number of likely N-dealkylation sites (N-methyl/N-ethyl adjacent to an activating group) is 1. The molecule has 2 heterocycles. The first kappa shape index (κ1) is 16.2. The van der Waals surface area contributed by atoms with Crippen LogP contribution in [0, 0.1) is 13.8 Å². The Labute approximate surface area is 141 Å². The molecule has 1 aromatic heterocycles. The molecule has 1 aromatic carbocycles. The van der Waals surface area contributed by atoms with Crippen molar-refractivity contribution in [3.8, 4) is 11.5 Å². The topological polar surface area (TPSA) is 68.6 Å². The molecule has 24 heavy (non-hydrogen) atoms. The van der Waals surface area contributed by atoms with Gasteiger partial charge in [0.2, 0.25) is 6.79 Å². The minimum Gasteiger partial charge on any atom is -0.454 e. The number of urea groups is 1. The number of nitrogens with zero attached hydrogens (tertiary/aromatic N) is 3. The van der Waals surface area contributed by atoms with E-state index in [4.69, 9.17) is 9.47 Å². The first-order chi connectivity index (χ1) is 11.5. The minimum absolute atomic E-state index is 0.159. The third-order valence-corrected chi connectivity index (χ3v) is 4.33. The van der Waals surface area contributed by atoms with Crippen LogP contribution in [0.5, 0.6) is 11.5 Å². The van der Waals surface area contributed by atoms with Crippen LogP contribution in [0.15, 0.2) is 18.2 Å². The molecule has 1 aliphatic heterocycles. The SMILES string of the molecule is Cc1nn(C)c(C)c1CCN(C)C(=O)Nc1ccc2c(c1)OCO2. The highest BCUT2D eigenvalue weighted by Crippen LogP contribution is 2.34. The van der Waals surface area contributed by atoms with Crippen LogP contribution >= 0.6 is 0 Å². The highest BCUT2D eigenvalue weighted by Gasteiger charge is 2.16. The molecule has 2 amide bonds. The predicted octanol–water partition coefficient (Wildman–Crippen LogP) is 2.47. The van der Waals surface area contributed by atoms with E-state index < -0.39 is 0 Å². The van der Waals surface area contributed by atoms with Gasteiger partial charge in [0.25, 0.3) is 0 Å². The lowest BCUT2D eigenvalue weighted by Gasteiger charge is -2.18. The molecule has 0 fully saturated rings. The van der Waals surface area contributed by atoms with Crippen LogP contribution in [-0.2, 0) is 13.5 Å². The van der Waals surface area contributed by atoms with Crippen molar-refractivity contribution in [3.05, 3.63) is 35.2 Å². The summed E-state index contributed by atoms with van der Waals surface area (Å²) < 4.78 is 12.5. The van der Waals surface area contributed by atoms with Crippen molar-refractivity contribution in [2.45, 2.75) is 20.3 Å². The van der Waals surface area contributed by atoms with Gasteiger partial charge in [-0.1, -0.05) is 0 Å². The lowest BCUT2D eigenvalue weighted by Crippen LogP contribution is -2.33. The molecule has 7 heteroatoms. The monoisotopic (exact) mass is 330 g/mol. The lowest BCUT2D eigenvalue weighted by atomic mass is 10.1. The number of hydrogen-bond acceptors (Lipinski definition) is 4. The van der Waals surface area contributed by atoms with Crippen molar-refractivity contribution in [1.29, 1.82) is 0 Å². The number of ether oxygens (including phenoxy) is 2. The molecule has 1 N–H and O–H groups in total. The average Bonchev–Trinajstić information content (AvgIpc) is 3.10. The summed E-state index contributed by atoms with van der Waals surface area (Å²) in [7, 11) is 3.71. The van der Waals surface area contributed by atoms with Gasteiger partial charge < -0.3 is 19.7 Å². The Morgan fingerprint density at radius 2 is 2.08 bits per heavy atom. The third-order valence-electron chi connectivity index (χ3n) is 4.33. The summed E-state index contributed by atoms with van der Waals surface area (Å²) in [5, 5.41) is 7.28. The maximum absolute atomic E-state index is 12.3. The van der Waals surface area contributed by atoms with Crippen LogP contribution in [0.1, 0.15) is 17.0 Å². The zero-order chi connectivity index (χ0) is 17.3. The third kappa shape index (κ3) is 3.15. The van der Waals surface area contributed by atoms with Gasteiger partial charge in [-0.25, -0.2) is 4.79 Å². The number of rotatable bonds is 4. The van der Waals surface area contributed by atoms with Gasteiger partial charge in [-0.15, -0.1) is 0 Å². The van der Waals surface area contributed by atoms with E-state index in [-0.39, 0.29) is 12.8 Å². The summed E-state index contributed by atoms with van der Waals surface area (Å²) in [5.74, 6) is 1.35. The first-order valence-corrected chi connectivity index (χ1v) is 7.86. The molecule has 1 aliphatic rings. The van der Waals surface area contributed by atoms with E-state index in [0.29, 0.717) is 23.7 Å². The second-order valence-corrected chi connectivity index (χ2v) is 5.94. The van der Waals surface area contributed by atoms with Crippen LogP contribution < -0.4 is 14.8 Å². The first-order valence-electron chi connectivity index (χ1n) is 7.86. The number of nitrogens with one attached hydrogen (secondary N) is 1. The smallest absolute Gasteiger partial charge is 0.321 e. The summed E-state index contributed by atoms with van der Waals surface area (Å²) in [6, 6.07) is 5.20. The number of hydrogen-bond donors (Lipinski definition) is 1. The Morgan fingerprint density at radius 1 is 1.33 bits per heavy atom.